The molecule has 2 aromatic carbocycles. The van der Waals surface area contributed by atoms with E-state index in [-0.39, 0.29) is 11.7 Å². The van der Waals surface area contributed by atoms with Crippen molar-refractivity contribution in [1.82, 2.24) is 0 Å². The van der Waals surface area contributed by atoms with E-state index in [1.165, 1.54) is 0 Å². The summed E-state index contributed by atoms with van der Waals surface area (Å²) in [5.41, 5.74) is 6.86. The summed E-state index contributed by atoms with van der Waals surface area (Å²) in [4.78, 5) is 12.6. The van der Waals surface area contributed by atoms with Gasteiger partial charge in [-0.15, -0.1) is 0 Å². The number of nitrogens with two attached hydrogens (primary N) is 1. The van der Waals surface area contributed by atoms with Gasteiger partial charge in [0, 0.05) is 5.69 Å². The van der Waals surface area contributed by atoms with E-state index in [0.717, 1.165) is 0 Å². The lowest BCUT2D eigenvalue weighted by atomic mass is 9.92. The van der Waals surface area contributed by atoms with E-state index in [2.05, 4.69) is 5.32 Å². The van der Waals surface area contributed by atoms with Crippen LogP contribution in [0, 0.1) is 0 Å². The SMILES string of the molecule is CC(C)S(=O)(=O)Cc1cccc(NC(=O)C(C)(N)c2ccccc2)c1. The molecule has 2 rings (SSSR count). The third kappa shape index (κ3) is 4.67. The van der Waals surface area contributed by atoms with Gasteiger partial charge in [-0.05, 0) is 44.0 Å². The fourth-order valence-electron chi connectivity index (χ4n) is 2.31. The van der Waals surface area contributed by atoms with E-state index < -0.39 is 20.6 Å². The van der Waals surface area contributed by atoms with Gasteiger partial charge in [-0.1, -0.05) is 42.5 Å². The predicted molar refractivity (Wildman–Crippen MR) is 101 cm³/mol. The lowest BCUT2D eigenvalue weighted by Gasteiger charge is -2.24. The zero-order valence-electron chi connectivity index (χ0n) is 14.7. The summed E-state index contributed by atoms with van der Waals surface area (Å²) < 4.78 is 24.1. The Morgan fingerprint density at radius 2 is 1.76 bits per heavy atom. The Bertz CT molecular complexity index is 844. The number of sulfone groups is 1. The third-order valence-corrected chi connectivity index (χ3v) is 6.29. The molecule has 0 bridgehead atoms. The maximum Gasteiger partial charge on any atom is 0.248 e. The quantitative estimate of drug-likeness (QED) is 0.829. The largest absolute Gasteiger partial charge is 0.324 e. The molecule has 25 heavy (non-hydrogen) atoms. The first-order chi connectivity index (χ1) is 11.6. The second kappa shape index (κ2) is 7.37. The summed E-state index contributed by atoms with van der Waals surface area (Å²) in [6, 6.07) is 15.9. The first kappa shape index (κ1) is 19.1. The number of carbonyl (C=O) groups is 1. The standard InChI is InChI=1S/C19H24N2O3S/c1-14(2)25(23,24)13-15-8-7-11-17(12-15)21-18(22)19(3,20)16-9-5-4-6-10-16/h4-12,14H,13,20H2,1-3H3,(H,21,22). The Balaban J connectivity index is 2.18. The highest BCUT2D eigenvalue weighted by atomic mass is 32.2. The summed E-state index contributed by atoms with van der Waals surface area (Å²) in [6.07, 6.45) is 0. The monoisotopic (exact) mass is 360 g/mol. The van der Waals surface area contributed by atoms with Crippen molar-refractivity contribution in [1.29, 1.82) is 0 Å². The van der Waals surface area contributed by atoms with Crippen LogP contribution in [0.1, 0.15) is 31.9 Å². The molecule has 3 N–H and O–H groups in total. The lowest BCUT2D eigenvalue weighted by Crippen LogP contribution is -2.45. The Kier molecular flexibility index (Phi) is 5.65. The van der Waals surface area contributed by atoms with Crippen molar-refractivity contribution in [3.05, 3.63) is 65.7 Å². The average molecular weight is 360 g/mol. The molecule has 6 heteroatoms. The van der Waals surface area contributed by atoms with Crippen LogP contribution in [-0.4, -0.2) is 19.6 Å². The Hall–Kier alpha value is -2.18. The number of hydrogen-bond acceptors (Lipinski definition) is 4. The molecule has 1 unspecified atom stereocenters. The van der Waals surface area contributed by atoms with Crippen LogP contribution in [0.2, 0.25) is 0 Å². The Morgan fingerprint density at radius 3 is 2.36 bits per heavy atom. The van der Waals surface area contributed by atoms with Crippen molar-refractivity contribution < 1.29 is 13.2 Å². The Morgan fingerprint density at radius 1 is 1.12 bits per heavy atom. The average Bonchev–Trinajstić information content (AvgIpc) is 2.55. The minimum absolute atomic E-state index is 0.0625. The summed E-state index contributed by atoms with van der Waals surface area (Å²) in [6.45, 7) is 4.95. The first-order valence-corrected chi connectivity index (χ1v) is 9.81. The minimum atomic E-state index is -3.21. The second-order valence-electron chi connectivity index (χ2n) is 6.58. The van der Waals surface area contributed by atoms with Gasteiger partial charge in [-0.25, -0.2) is 8.42 Å². The fourth-order valence-corrected chi connectivity index (χ4v) is 3.29. The molecule has 2 aromatic rings. The number of hydrogen-bond donors (Lipinski definition) is 2. The van der Waals surface area contributed by atoms with Gasteiger partial charge in [0.1, 0.15) is 5.54 Å². The van der Waals surface area contributed by atoms with Crippen LogP contribution in [0.5, 0.6) is 0 Å². The molecule has 0 fully saturated rings. The highest BCUT2D eigenvalue weighted by Gasteiger charge is 2.30. The van der Waals surface area contributed by atoms with Crippen molar-refractivity contribution in [2.24, 2.45) is 5.73 Å². The third-order valence-electron chi connectivity index (χ3n) is 4.12. The zero-order valence-corrected chi connectivity index (χ0v) is 15.5. The number of amides is 1. The highest BCUT2D eigenvalue weighted by molar-refractivity contribution is 7.91. The van der Waals surface area contributed by atoms with Gasteiger partial charge in [-0.3, -0.25) is 4.79 Å². The molecule has 0 aliphatic rings. The van der Waals surface area contributed by atoms with E-state index in [1.54, 1.807) is 57.2 Å². The van der Waals surface area contributed by atoms with E-state index in [0.29, 0.717) is 16.8 Å². The molecule has 0 saturated carbocycles. The normalized spacial score (nSPS) is 14.1. The fraction of sp³-hybridized carbons (Fsp3) is 0.316. The second-order valence-corrected chi connectivity index (χ2v) is 9.14. The van der Waals surface area contributed by atoms with Gasteiger partial charge < -0.3 is 11.1 Å². The number of anilines is 1. The maximum absolute atomic E-state index is 12.6. The van der Waals surface area contributed by atoms with Crippen LogP contribution in [0.25, 0.3) is 0 Å². The maximum atomic E-state index is 12.6. The topological polar surface area (TPSA) is 89.3 Å². The van der Waals surface area contributed by atoms with E-state index in [1.807, 2.05) is 18.2 Å². The zero-order chi connectivity index (χ0) is 18.7. The van der Waals surface area contributed by atoms with Crippen molar-refractivity contribution >= 4 is 21.4 Å². The van der Waals surface area contributed by atoms with Crippen LogP contribution < -0.4 is 11.1 Å². The van der Waals surface area contributed by atoms with E-state index in [9.17, 15) is 13.2 Å². The molecule has 0 aliphatic carbocycles. The number of carbonyl (C=O) groups excluding carboxylic acids is 1. The van der Waals surface area contributed by atoms with Gasteiger partial charge in [0.05, 0.1) is 11.0 Å². The van der Waals surface area contributed by atoms with E-state index in [4.69, 9.17) is 5.73 Å². The predicted octanol–water partition coefficient (Wildman–Crippen LogP) is 2.82. The van der Waals surface area contributed by atoms with Crippen molar-refractivity contribution in [2.75, 3.05) is 5.32 Å². The van der Waals surface area contributed by atoms with Crippen LogP contribution in [-0.2, 0) is 25.9 Å². The van der Waals surface area contributed by atoms with Gasteiger partial charge in [0.25, 0.3) is 0 Å². The summed E-state index contributed by atoms with van der Waals surface area (Å²) >= 11 is 0. The van der Waals surface area contributed by atoms with Gasteiger partial charge in [0.15, 0.2) is 9.84 Å². The summed E-state index contributed by atoms with van der Waals surface area (Å²) in [5, 5.41) is 2.33. The van der Waals surface area contributed by atoms with E-state index >= 15 is 0 Å². The number of rotatable bonds is 6. The Labute approximate surface area is 149 Å². The molecule has 0 radical (unpaired) electrons. The van der Waals surface area contributed by atoms with Crippen molar-refractivity contribution in [2.45, 2.75) is 37.3 Å². The molecule has 1 atom stereocenters. The van der Waals surface area contributed by atoms with Gasteiger partial charge >= 0.3 is 0 Å². The summed E-state index contributed by atoms with van der Waals surface area (Å²) in [5.74, 6) is -0.421. The first-order valence-electron chi connectivity index (χ1n) is 8.09. The minimum Gasteiger partial charge on any atom is -0.324 e. The van der Waals surface area contributed by atoms with Crippen LogP contribution >= 0.6 is 0 Å². The van der Waals surface area contributed by atoms with Crippen molar-refractivity contribution in [3.63, 3.8) is 0 Å². The molecule has 5 nitrogen and oxygen atoms in total. The molecule has 1 amide bonds. The van der Waals surface area contributed by atoms with Gasteiger partial charge in [-0.2, -0.15) is 0 Å². The number of benzene rings is 2. The molecule has 134 valence electrons. The molecule has 0 heterocycles. The van der Waals surface area contributed by atoms with Gasteiger partial charge in [0.2, 0.25) is 5.91 Å². The number of nitrogens with one attached hydrogen (secondary N) is 1. The van der Waals surface area contributed by atoms with Crippen molar-refractivity contribution in [3.8, 4) is 0 Å². The molecular formula is C19H24N2O3S. The molecule has 0 spiro atoms. The molecule has 0 aliphatic heterocycles. The van der Waals surface area contributed by atoms with Crippen LogP contribution in [0.15, 0.2) is 54.6 Å². The lowest BCUT2D eigenvalue weighted by molar-refractivity contribution is -0.120. The highest BCUT2D eigenvalue weighted by Crippen LogP contribution is 2.21. The summed E-state index contributed by atoms with van der Waals surface area (Å²) in [7, 11) is -3.21. The molecule has 0 aromatic heterocycles. The van der Waals surface area contributed by atoms with Crippen LogP contribution in [0.4, 0.5) is 5.69 Å². The molecule has 0 saturated heterocycles. The smallest absolute Gasteiger partial charge is 0.248 e. The van der Waals surface area contributed by atoms with Crippen LogP contribution in [0.3, 0.4) is 0 Å². The molecular weight excluding hydrogens is 336 g/mol.